The van der Waals surface area contributed by atoms with E-state index < -0.39 is 86.8 Å². The predicted molar refractivity (Wildman–Crippen MR) is 332 cm³/mol. The highest BCUT2D eigenvalue weighted by Crippen LogP contribution is 2.30. The summed E-state index contributed by atoms with van der Waals surface area (Å²) in [4.78, 5) is 13.3. The lowest BCUT2D eigenvalue weighted by molar-refractivity contribution is -0.359. The number of carbonyl (C=O) groups excluding carboxylic acids is 1. The first-order valence-electron chi connectivity index (χ1n) is 34.9. The van der Waals surface area contributed by atoms with Crippen LogP contribution >= 0.6 is 0 Å². The van der Waals surface area contributed by atoms with Crippen molar-refractivity contribution in [1.29, 1.82) is 0 Å². The molecule has 2 rings (SSSR count). The fourth-order valence-corrected chi connectivity index (χ4v) is 11.9. The second-order valence-corrected chi connectivity index (χ2v) is 25.0. The molecule has 0 bridgehead atoms. The zero-order valence-electron chi connectivity index (χ0n) is 52.8. The average molecular weight is 1170 g/mol. The van der Waals surface area contributed by atoms with Crippen molar-refractivity contribution in [2.45, 2.75) is 396 Å². The molecule has 14 nitrogen and oxygen atoms in total. The third-order valence-electron chi connectivity index (χ3n) is 17.5. The van der Waals surface area contributed by atoms with Crippen LogP contribution in [-0.2, 0) is 23.7 Å². The summed E-state index contributed by atoms with van der Waals surface area (Å²) < 4.78 is 22.8. The Morgan fingerprint density at radius 2 is 0.756 bits per heavy atom. The molecule has 2 aliphatic rings. The first-order chi connectivity index (χ1) is 40.1. The zero-order chi connectivity index (χ0) is 59.5. The summed E-state index contributed by atoms with van der Waals surface area (Å²) in [6, 6.07) is -0.910. The maximum atomic E-state index is 13.3. The van der Waals surface area contributed by atoms with E-state index in [2.05, 4.69) is 19.2 Å². The van der Waals surface area contributed by atoms with Crippen molar-refractivity contribution in [2.24, 2.45) is 0 Å². The largest absolute Gasteiger partial charge is 0.394 e. The van der Waals surface area contributed by atoms with E-state index in [9.17, 15) is 45.6 Å². The smallest absolute Gasteiger partial charge is 0.220 e. The molecule has 9 N–H and O–H groups in total. The second kappa shape index (κ2) is 53.9. The minimum Gasteiger partial charge on any atom is -0.394 e. The minimum absolute atomic E-state index is 0.232. The molecular weight excluding hydrogens is 1040 g/mol. The van der Waals surface area contributed by atoms with E-state index in [4.69, 9.17) is 18.9 Å². The van der Waals surface area contributed by atoms with Gasteiger partial charge >= 0.3 is 0 Å². The van der Waals surface area contributed by atoms with Crippen molar-refractivity contribution >= 4 is 5.91 Å². The zero-order valence-corrected chi connectivity index (χ0v) is 52.8. The normalized spacial score (nSPS) is 23.9. The van der Waals surface area contributed by atoms with E-state index >= 15 is 0 Å². The quantitative estimate of drug-likeness (QED) is 0.0204. The third-order valence-corrected chi connectivity index (χ3v) is 17.5. The molecule has 0 radical (unpaired) electrons. The minimum atomic E-state index is -1.79. The van der Waals surface area contributed by atoms with Crippen LogP contribution in [0.2, 0.25) is 0 Å². The molecule has 486 valence electrons. The highest BCUT2D eigenvalue weighted by Gasteiger charge is 2.51. The van der Waals surface area contributed by atoms with Crippen LogP contribution in [0.25, 0.3) is 0 Å². The van der Waals surface area contributed by atoms with E-state index in [1.54, 1.807) is 6.08 Å². The molecule has 0 spiro atoms. The summed E-state index contributed by atoms with van der Waals surface area (Å²) in [6.45, 7) is 2.85. The molecule has 2 fully saturated rings. The van der Waals surface area contributed by atoms with E-state index in [1.165, 1.54) is 257 Å². The van der Waals surface area contributed by atoms with Crippen LogP contribution in [0.3, 0.4) is 0 Å². The molecule has 12 unspecified atom stereocenters. The Morgan fingerprint density at radius 1 is 0.427 bits per heavy atom. The van der Waals surface area contributed by atoms with Crippen LogP contribution in [0, 0.1) is 0 Å². The van der Waals surface area contributed by atoms with Crippen molar-refractivity contribution < 1.29 is 64.6 Å². The fourth-order valence-electron chi connectivity index (χ4n) is 11.9. The van der Waals surface area contributed by atoms with E-state index in [0.29, 0.717) is 6.42 Å². The van der Waals surface area contributed by atoms with Crippen LogP contribution in [-0.4, -0.2) is 140 Å². The molecule has 0 saturated carbocycles. The summed E-state index contributed by atoms with van der Waals surface area (Å²) in [7, 11) is 0. The number of carbonyl (C=O) groups is 1. The Hall–Kier alpha value is -1.27. The average Bonchev–Trinajstić information content (AvgIpc) is 3.67. The van der Waals surface area contributed by atoms with Gasteiger partial charge in [-0.05, 0) is 19.3 Å². The number of nitrogens with one attached hydrogen (secondary N) is 1. The Labute approximate surface area is 501 Å². The summed E-state index contributed by atoms with van der Waals surface area (Å²) in [5.74, 6) is -0.232. The highest BCUT2D eigenvalue weighted by molar-refractivity contribution is 5.76. The van der Waals surface area contributed by atoms with Gasteiger partial charge in [0, 0.05) is 6.42 Å². The number of allylic oxidation sites excluding steroid dienone is 1. The van der Waals surface area contributed by atoms with Gasteiger partial charge in [0.2, 0.25) is 5.91 Å². The number of amides is 1. The van der Waals surface area contributed by atoms with Crippen molar-refractivity contribution in [1.82, 2.24) is 5.32 Å². The topological polar surface area (TPSA) is 228 Å². The van der Waals surface area contributed by atoms with Gasteiger partial charge in [-0.3, -0.25) is 4.79 Å². The molecule has 82 heavy (non-hydrogen) atoms. The molecule has 0 aromatic carbocycles. The number of unbranched alkanes of at least 4 members (excludes halogenated alkanes) is 45. The Balaban J connectivity index is 1.65. The van der Waals surface area contributed by atoms with E-state index in [0.717, 1.165) is 38.5 Å². The van der Waals surface area contributed by atoms with Crippen molar-refractivity contribution in [3.8, 4) is 0 Å². The lowest BCUT2D eigenvalue weighted by Crippen LogP contribution is -2.65. The molecule has 0 aromatic rings. The lowest BCUT2D eigenvalue weighted by atomic mass is 9.97. The van der Waals surface area contributed by atoms with Crippen LogP contribution in [0.15, 0.2) is 12.2 Å². The van der Waals surface area contributed by atoms with Gasteiger partial charge in [0.05, 0.1) is 32.0 Å². The molecule has 12 atom stereocenters. The molecule has 2 heterocycles. The maximum Gasteiger partial charge on any atom is 0.220 e. The number of aliphatic hydroxyl groups excluding tert-OH is 8. The second-order valence-electron chi connectivity index (χ2n) is 25.0. The molecular formula is C68H131NO13. The monoisotopic (exact) mass is 1170 g/mol. The predicted octanol–water partition coefficient (Wildman–Crippen LogP) is 13.8. The summed E-state index contributed by atoms with van der Waals surface area (Å²) in [5, 5.41) is 87.4. The van der Waals surface area contributed by atoms with Gasteiger partial charge in [-0.25, -0.2) is 0 Å². The van der Waals surface area contributed by atoms with Crippen LogP contribution in [0.4, 0.5) is 0 Å². The van der Waals surface area contributed by atoms with E-state index in [1.807, 2.05) is 6.08 Å². The first-order valence-corrected chi connectivity index (χ1v) is 34.9. The van der Waals surface area contributed by atoms with Gasteiger partial charge < -0.3 is 65.1 Å². The van der Waals surface area contributed by atoms with Gasteiger partial charge in [-0.1, -0.05) is 309 Å². The van der Waals surface area contributed by atoms with Crippen LogP contribution in [0.5, 0.6) is 0 Å². The summed E-state index contributed by atoms with van der Waals surface area (Å²) in [5.41, 5.74) is 0. The molecule has 0 aliphatic carbocycles. The Kier molecular flexibility index (Phi) is 50.5. The number of aliphatic hydroxyl groups is 8. The lowest BCUT2D eigenvalue weighted by Gasteiger charge is -2.46. The molecule has 2 saturated heterocycles. The van der Waals surface area contributed by atoms with Gasteiger partial charge in [0.25, 0.3) is 0 Å². The van der Waals surface area contributed by atoms with Crippen molar-refractivity contribution in [3.63, 3.8) is 0 Å². The van der Waals surface area contributed by atoms with Crippen molar-refractivity contribution in [2.75, 3.05) is 19.8 Å². The molecule has 1 amide bonds. The molecule has 2 aliphatic heterocycles. The number of hydrogen-bond donors (Lipinski definition) is 9. The van der Waals surface area contributed by atoms with Crippen molar-refractivity contribution in [3.05, 3.63) is 12.2 Å². The maximum absolute atomic E-state index is 13.3. The fraction of sp³-hybridized carbons (Fsp3) is 0.956. The molecule has 14 heteroatoms. The Bertz CT molecular complexity index is 1420. The number of hydrogen-bond acceptors (Lipinski definition) is 13. The Morgan fingerprint density at radius 3 is 1.12 bits per heavy atom. The van der Waals surface area contributed by atoms with Gasteiger partial charge in [0.15, 0.2) is 12.6 Å². The van der Waals surface area contributed by atoms with Gasteiger partial charge in [0.1, 0.15) is 48.8 Å². The van der Waals surface area contributed by atoms with Gasteiger partial charge in [-0.15, -0.1) is 0 Å². The standard InChI is InChI=1S/C68H131NO13/c1-3-5-7-9-11-13-15-17-19-21-22-23-24-25-26-27-28-29-30-31-32-33-34-36-37-39-41-43-45-47-49-51-57(72)56(69-60(73)52-50-48-46-44-42-40-38-35-20-18-16-14-12-10-8-6-4-2)55-79-67-65(78)63(76)66(59(54-71)81-67)82-68-64(77)62(75)61(74)58(53-70)80-68/h49,51,56-59,61-68,70-72,74-78H,3-48,50,52-55H2,1-2H3,(H,69,73)/b51-49+. The number of rotatable bonds is 58. The van der Waals surface area contributed by atoms with Crippen LogP contribution < -0.4 is 5.32 Å². The first kappa shape index (κ1) is 76.8. The summed E-state index contributed by atoms with van der Waals surface area (Å²) >= 11 is 0. The highest BCUT2D eigenvalue weighted by atomic mass is 16.7. The van der Waals surface area contributed by atoms with Gasteiger partial charge in [-0.2, -0.15) is 0 Å². The SMILES string of the molecule is CCCCCCCCCCCCCCCCCCCCCCCCCCCCCCC/C=C/C(O)C(COC1OC(CO)C(OC2OC(CO)C(O)C(O)C2O)C(O)C1O)NC(=O)CCCCCCCCCCCCCCCCCCC. The summed E-state index contributed by atoms with van der Waals surface area (Å²) in [6.07, 6.45) is 48.5. The molecule has 0 aromatic heterocycles. The van der Waals surface area contributed by atoms with Crippen LogP contribution in [0.1, 0.15) is 322 Å². The number of ether oxygens (including phenoxy) is 4. The third kappa shape index (κ3) is 38.1. The van der Waals surface area contributed by atoms with E-state index in [-0.39, 0.29) is 18.9 Å².